The van der Waals surface area contributed by atoms with Crippen LogP contribution in [-0.2, 0) is 12.8 Å². The van der Waals surface area contributed by atoms with Gasteiger partial charge in [-0.15, -0.1) is 0 Å². The number of urea groups is 1. The fourth-order valence-corrected chi connectivity index (χ4v) is 4.08. The van der Waals surface area contributed by atoms with Gasteiger partial charge in [0.15, 0.2) is 0 Å². The van der Waals surface area contributed by atoms with Crippen molar-refractivity contribution in [3.05, 3.63) is 65.5 Å². The maximum atomic E-state index is 13.2. The Bertz CT molecular complexity index is 1130. The van der Waals surface area contributed by atoms with E-state index in [1.807, 2.05) is 80.7 Å². The minimum Gasteiger partial charge on any atom is -0.338 e. The van der Waals surface area contributed by atoms with Gasteiger partial charge in [0.05, 0.1) is 11.3 Å². The smallest absolute Gasteiger partial charge is 0.323 e. The summed E-state index contributed by atoms with van der Waals surface area (Å²) in [6.45, 7) is 9.07. The third kappa shape index (κ3) is 6.39. The SMILES string of the molecule is CCc1nc2ccc(C(=O)N(CC)CCN(C)C)cn2c1N(CC)C(=O)NCCc1ccccc1. The molecule has 8 heteroatoms. The molecule has 0 aliphatic heterocycles. The van der Waals surface area contributed by atoms with E-state index < -0.39 is 0 Å². The number of aromatic nitrogens is 2. The van der Waals surface area contributed by atoms with Crippen LogP contribution in [0, 0.1) is 0 Å². The Morgan fingerprint density at radius 3 is 2.34 bits per heavy atom. The lowest BCUT2D eigenvalue weighted by molar-refractivity contribution is 0.0753. The molecule has 1 aromatic carbocycles. The van der Waals surface area contributed by atoms with Crippen LogP contribution in [0.3, 0.4) is 0 Å². The fraction of sp³-hybridized carbons (Fsp3) is 0.444. The molecule has 0 radical (unpaired) electrons. The van der Waals surface area contributed by atoms with Crippen molar-refractivity contribution in [2.75, 3.05) is 51.7 Å². The summed E-state index contributed by atoms with van der Waals surface area (Å²) >= 11 is 0. The second kappa shape index (κ2) is 12.4. The van der Waals surface area contributed by atoms with Gasteiger partial charge in [0.25, 0.3) is 5.91 Å². The molecule has 0 spiro atoms. The van der Waals surface area contributed by atoms with Crippen molar-refractivity contribution in [1.29, 1.82) is 0 Å². The molecule has 0 bridgehead atoms. The summed E-state index contributed by atoms with van der Waals surface area (Å²) in [5, 5.41) is 3.04. The molecule has 188 valence electrons. The fourth-order valence-electron chi connectivity index (χ4n) is 4.08. The van der Waals surface area contributed by atoms with Crippen LogP contribution in [0.2, 0.25) is 0 Å². The number of nitrogens with zero attached hydrogens (tertiary/aromatic N) is 5. The second-order valence-electron chi connectivity index (χ2n) is 8.78. The normalized spacial score (nSPS) is 11.1. The molecule has 3 aromatic rings. The van der Waals surface area contributed by atoms with E-state index in [1.165, 1.54) is 5.56 Å². The van der Waals surface area contributed by atoms with Crippen LogP contribution in [0.5, 0.6) is 0 Å². The van der Waals surface area contributed by atoms with Crippen LogP contribution in [0.1, 0.15) is 42.4 Å². The summed E-state index contributed by atoms with van der Waals surface area (Å²) < 4.78 is 1.88. The topological polar surface area (TPSA) is 73.2 Å². The zero-order valence-electron chi connectivity index (χ0n) is 21.6. The largest absolute Gasteiger partial charge is 0.338 e. The van der Waals surface area contributed by atoms with Crippen LogP contribution >= 0.6 is 0 Å². The summed E-state index contributed by atoms with van der Waals surface area (Å²) in [7, 11) is 4.00. The lowest BCUT2D eigenvalue weighted by Gasteiger charge is -2.24. The molecule has 35 heavy (non-hydrogen) atoms. The number of pyridine rings is 1. The number of likely N-dealkylation sites (N-methyl/N-ethyl adjacent to an activating group) is 2. The predicted octanol–water partition coefficient (Wildman–Crippen LogP) is 3.70. The lowest BCUT2D eigenvalue weighted by Crippen LogP contribution is -2.42. The molecule has 0 saturated heterocycles. The van der Waals surface area contributed by atoms with Crippen molar-refractivity contribution in [3.63, 3.8) is 0 Å². The number of amides is 3. The highest BCUT2D eigenvalue weighted by atomic mass is 16.2. The number of carbonyl (C=O) groups is 2. The van der Waals surface area contributed by atoms with Crippen molar-refractivity contribution >= 4 is 23.4 Å². The Labute approximate surface area is 208 Å². The van der Waals surface area contributed by atoms with Gasteiger partial charge in [-0.3, -0.25) is 14.1 Å². The van der Waals surface area contributed by atoms with Gasteiger partial charge in [-0.2, -0.15) is 0 Å². The van der Waals surface area contributed by atoms with E-state index in [0.717, 1.165) is 24.3 Å². The van der Waals surface area contributed by atoms with Crippen LogP contribution in [0.25, 0.3) is 5.65 Å². The maximum absolute atomic E-state index is 13.2. The number of hydrogen-bond acceptors (Lipinski definition) is 4. The van der Waals surface area contributed by atoms with Crippen molar-refractivity contribution in [2.24, 2.45) is 0 Å². The molecular formula is C27H38N6O2. The Kier molecular flexibility index (Phi) is 9.25. The Hall–Kier alpha value is -3.39. The molecule has 3 rings (SSSR count). The number of anilines is 1. The van der Waals surface area contributed by atoms with Gasteiger partial charge < -0.3 is 15.1 Å². The monoisotopic (exact) mass is 478 g/mol. The lowest BCUT2D eigenvalue weighted by atomic mass is 10.1. The third-order valence-corrected chi connectivity index (χ3v) is 6.08. The Morgan fingerprint density at radius 1 is 0.971 bits per heavy atom. The summed E-state index contributed by atoms with van der Waals surface area (Å²) in [6.07, 6.45) is 3.26. The summed E-state index contributed by atoms with van der Waals surface area (Å²) in [4.78, 5) is 36.8. The number of rotatable bonds is 11. The van der Waals surface area contributed by atoms with Gasteiger partial charge in [-0.25, -0.2) is 9.78 Å². The number of fused-ring (bicyclic) bond motifs is 1. The van der Waals surface area contributed by atoms with Gasteiger partial charge in [0, 0.05) is 38.9 Å². The average molecular weight is 479 g/mol. The molecule has 0 unspecified atom stereocenters. The highest BCUT2D eigenvalue weighted by Crippen LogP contribution is 2.24. The molecule has 2 aromatic heterocycles. The maximum Gasteiger partial charge on any atom is 0.323 e. The molecular weight excluding hydrogens is 440 g/mol. The molecule has 1 N–H and O–H groups in total. The van der Waals surface area contributed by atoms with E-state index in [1.54, 1.807) is 4.90 Å². The van der Waals surface area contributed by atoms with Crippen molar-refractivity contribution in [2.45, 2.75) is 33.6 Å². The Morgan fingerprint density at radius 2 is 1.71 bits per heavy atom. The minimum absolute atomic E-state index is 0.0238. The number of carbonyl (C=O) groups excluding carboxylic acids is 2. The molecule has 0 atom stereocenters. The van der Waals surface area contributed by atoms with E-state index in [2.05, 4.69) is 22.3 Å². The summed E-state index contributed by atoms with van der Waals surface area (Å²) in [6, 6.07) is 13.6. The first-order valence-electron chi connectivity index (χ1n) is 12.4. The number of aryl methyl sites for hydroxylation is 1. The van der Waals surface area contributed by atoms with Gasteiger partial charge in [0.1, 0.15) is 11.5 Å². The zero-order valence-corrected chi connectivity index (χ0v) is 21.6. The number of hydrogen-bond donors (Lipinski definition) is 1. The minimum atomic E-state index is -0.169. The molecule has 0 fully saturated rings. The summed E-state index contributed by atoms with van der Waals surface area (Å²) in [5.74, 6) is 0.692. The number of benzene rings is 1. The van der Waals surface area contributed by atoms with Crippen LogP contribution in [-0.4, -0.2) is 77.9 Å². The zero-order chi connectivity index (χ0) is 25.4. The van der Waals surface area contributed by atoms with Crippen LogP contribution < -0.4 is 10.2 Å². The molecule has 0 aliphatic rings. The highest BCUT2D eigenvalue weighted by Gasteiger charge is 2.23. The van der Waals surface area contributed by atoms with Crippen molar-refractivity contribution in [3.8, 4) is 0 Å². The van der Waals surface area contributed by atoms with Gasteiger partial charge in [-0.05, 0) is 58.5 Å². The number of nitrogens with one attached hydrogen (secondary N) is 1. The molecule has 2 heterocycles. The molecule has 0 aliphatic carbocycles. The van der Waals surface area contributed by atoms with Gasteiger partial charge >= 0.3 is 6.03 Å². The highest BCUT2D eigenvalue weighted by molar-refractivity contribution is 5.95. The quantitative estimate of drug-likeness (QED) is 0.456. The van der Waals surface area contributed by atoms with E-state index in [4.69, 9.17) is 4.98 Å². The van der Waals surface area contributed by atoms with E-state index in [-0.39, 0.29) is 11.9 Å². The van der Waals surface area contributed by atoms with E-state index in [9.17, 15) is 9.59 Å². The van der Waals surface area contributed by atoms with E-state index in [0.29, 0.717) is 44.0 Å². The second-order valence-corrected chi connectivity index (χ2v) is 8.78. The van der Waals surface area contributed by atoms with Crippen molar-refractivity contribution in [1.82, 2.24) is 24.5 Å². The summed E-state index contributed by atoms with van der Waals surface area (Å²) in [5.41, 5.74) is 3.31. The predicted molar refractivity (Wildman–Crippen MR) is 141 cm³/mol. The first-order valence-corrected chi connectivity index (χ1v) is 12.4. The van der Waals surface area contributed by atoms with Crippen molar-refractivity contribution < 1.29 is 9.59 Å². The van der Waals surface area contributed by atoms with Gasteiger partial charge in [-0.1, -0.05) is 37.3 Å². The van der Waals surface area contributed by atoms with Gasteiger partial charge in [0.2, 0.25) is 0 Å². The van der Waals surface area contributed by atoms with Crippen LogP contribution in [0.15, 0.2) is 48.7 Å². The first-order chi connectivity index (χ1) is 16.9. The number of imidazole rings is 1. The first kappa shape index (κ1) is 26.2. The standard InChI is InChI=1S/C27H38N6O2/c1-6-23-25(32(8-3)27(35)28-17-16-21-12-10-9-11-13-21)33-20-22(14-15-24(33)29-23)26(34)31(7-2)19-18-30(4)5/h9-15,20H,6-8,16-19H2,1-5H3,(H,28,35). The Balaban J connectivity index is 1.86. The molecule has 8 nitrogen and oxygen atoms in total. The van der Waals surface area contributed by atoms with E-state index >= 15 is 0 Å². The van der Waals surface area contributed by atoms with Crippen LogP contribution in [0.4, 0.5) is 10.6 Å². The molecule has 0 saturated carbocycles. The third-order valence-electron chi connectivity index (χ3n) is 6.08. The molecule has 3 amide bonds. The average Bonchev–Trinajstić information content (AvgIpc) is 3.23.